The number of hydrogen-bond donors (Lipinski definition) is 1. The average molecular weight is 347 g/mol. The molecule has 2 aromatic rings. The van der Waals surface area contributed by atoms with Crippen LogP contribution in [-0.2, 0) is 23.6 Å². The highest BCUT2D eigenvalue weighted by atomic mass is 79.9. The number of hydrogen-bond acceptors (Lipinski definition) is 2. The maximum atomic E-state index is 13.3. The van der Waals surface area contributed by atoms with Crippen LogP contribution in [-0.4, -0.2) is 13.0 Å². The Morgan fingerprint density at radius 3 is 2.68 bits per heavy atom. The van der Waals surface area contributed by atoms with E-state index in [0.29, 0.717) is 0 Å². The lowest BCUT2D eigenvalue weighted by atomic mass is 10.3. The van der Waals surface area contributed by atoms with Crippen LogP contribution in [0.25, 0.3) is 0 Å². The Morgan fingerprint density at radius 1 is 1.37 bits per heavy atom. The lowest BCUT2D eigenvalue weighted by Gasteiger charge is -2.08. The SMILES string of the molecule is Cn1cccc1CNS(=O)(=O)c1ccc(Br)c(F)c1. The number of benzene rings is 1. The molecule has 19 heavy (non-hydrogen) atoms. The summed E-state index contributed by atoms with van der Waals surface area (Å²) in [5.74, 6) is -0.609. The van der Waals surface area contributed by atoms with Crippen molar-refractivity contribution < 1.29 is 12.8 Å². The number of aryl methyl sites for hydroxylation is 1. The summed E-state index contributed by atoms with van der Waals surface area (Å²) in [6.07, 6.45) is 1.82. The van der Waals surface area contributed by atoms with Crippen molar-refractivity contribution in [3.05, 3.63) is 52.5 Å². The zero-order chi connectivity index (χ0) is 14.0. The number of nitrogens with one attached hydrogen (secondary N) is 1. The quantitative estimate of drug-likeness (QED) is 0.924. The van der Waals surface area contributed by atoms with E-state index >= 15 is 0 Å². The van der Waals surface area contributed by atoms with E-state index in [9.17, 15) is 12.8 Å². The second kappa shape index (κ2) is 5.44. The molecule has 0 aliphatic heterocycles. The van der Waals surface area contributed by atoms with Crippen LogP contribution >= 0.6 is 15.9 Å². The highest BCUT2D eigenvalue weighted by Crippen LogP contribution is 2.19. The summed E-state index contributed by atoms with van der Waals surface area (Å²) >= 11 is 2.98. The molecule has 7 heteroatoms. The number of sulfonamides is 1. The molecule has 0 bridgehead atoms. The second-order valence-electron chi connectivity index (χ2n) is 4.01. The molecule has 2 rings (SSSR count). The third-order valence-corrected chi connectivity index (χ3v) is 4.74. The van der Waals surface area contributed by atoms with E-state index in [2.05, 4.69) is 20.7 Å². The minimum absolute atomic E-state index is 0.0950. The number of rotatable bonds is 4. The predicted octanol–water partition coefficient (Wildman–Crippen LogP) is 2.41. The first kappa shape index (κ1) is 14.2. The van der Waals surface area contributed by atoms with Gasteiger partial charge in [-0.1, -0.05) is 0 Å². The molecule has 0 atom stereocenters. The van der Waals surface area contributed by atoms with Crippen molar-refractivity contribution in [2.45, 2.75) is 11.4 Å². The first-order valence-corrected chi connectivity index (χ1v) is 7.73. The molecular weight excluding hydrogens is 335 g/mol. The van der Waals surface area contributed by atoms with Crippen molar-refractivity contribution in [1.29, 1.82) is 0 Å². The molecule has 1 aromatic heterocycles. The fraction of sp³-hybridized carbons (Fsp3) is 0.167. The van der Waals surface area contributed by atoms with Gasteiger partial charge < -0.3 is 4.57 Å². The molecule has 1 heterocycles. The molecule has 1 N–H and O–H groups in total. The zero-order valence-electron chi connectivity index (χ0n) is 10.1. The van der Waals surface area contributed by atoms with E-state index in [1.54, 1.807) is 0 Å². The molecule has 0 unspecified atom stereocenters. The highest BCUT2D eigenvalue weighted by molar-refractivity contribution is 9.10. The van der Waals surface area contributed by atoms with Crippen LogP contribution in [0, 0.1) is 5.82 Å². The van der Waals surface area contributed by atoms with Gasteiger partial charge in [-0.3, -0.25) is 0 Å². The minimum atomic E-state index is -3.72. The van der Waals surface area contributed by atoms with Crippen molar-refractivity contribution in [3.8, 4) is 0 Å². The van der Waals surface area contributed by atoms with Gasteiger partial charge >= 0.3 is 0 Å². The lowest BCUT2D eigenvalue weighted by Crippen LogP contribution is -2.24. The van der Waals surface area contributed by atoms with Crippen LogP contribution in [0.3, 0.4) is 0 Å². The van der Waals surface area contributed by atoms with Crippen LogP contribution in [0.15, 0.2) is 45.9 Å². The molecule has 102 valence electrons. The van der Waals surface area contributed by atoms with Crippen molar-refractivity contribution in [3.63, 3.8) is 0 Å². The molecular formula is C12H12BrFN2O2S. The Kier molecular flexibility index (Phi) is 4.07. The first-order valence-electron chi connectivity index (χ1n) is 5.45. The molecule has 0 amide bonds. The number of halogens is 2. The second-order valence-corrected chi connectivity index (χ2v) is 6.63. The van der Waals surface area contributed by atoms with Crippen LogP contribution in [0.4, 0.5) is 4.39 Å². The van der Waals surface area contributed by atoms with Gasteiger partial charge in [0.1, 0.15) is 5.82 Å². The summed E-state index contributed by atoms with van der Waals surface area (Å²) in [5, 5.41) is 0. The molecule has 0 aliphatic carbocycles. The fourth-order valence-electron chi connectivity index (χ4n) is 1.58. The van der Waals surface area contributed by atoms with Gasteiger partial charge in [0.2, 0.25) is 10.0 Å². The highest BCUT2D eigenvalue weighted by Gasteiger charge is 2.16. The molecule has 4 nitrogen and oxygen atoms in total. The largest absolute Gasteiger partial charge is 0.353 e. The van der Waals surface area contributed by atoms with Crippen LogP contribution in [0.1, 0.15) is 5.69 Å². The van der Waals surface area contributed by atoms with E-state index in [1.165, 1.54) is 12.1 Å². The summed E-state index contributed by atoms with van der Waals surface area (Å²) in [5.41, 5.74) is 0.821. The topological polar surface area (TPSA) is 51.1 Å². The van der Waals surface area contributed by atoms with E-state index in [-0.39, 0.29) is 15.9 Å². The summed E-state index contributed by atoms with van der Waals surface area (Å²) in [6, 6.07) is 7.33. The molecule has 0 aliphatic rings. The van der Waals surface area contributed by atoms with Gasteiger partial charge in [0, 0.05) is 18.9 Å². The molecule has 0 saturated carbocycles. The van der Waals surface area contributed by atoms with Crippen molar-refractivity contribution >= 4 is 26.0 Å². The standard InChI is InChI=1S/C12H12BrFN2O2S/c1-16-6-2-3-9(16)8-15-19(17,18)10-4-5-11(13)12(14)7-10/h2-7,15H,8H2,1H3. The minimum Gasteiger partial charge on any atom is -0.353 e. The van der Waals surface area contributed by atoms with Gasteiger partial charge in [-0.25, -0.2) is 17.5 Å². The molecule has 0 fully saturated rings. The van der Waals surface area contributed by atoms with Gasteiger partial charge in [-0.05, 0) is 46.3 Å². The summed E-state index contributed by atoms with van der Waals surface area (Å²) < 4.78 is 41.8. The predicted molar refractivity (Wildman–Crippen MR) is 73.5 cm³/mol. The Bertz CT molecular complexity index is 698. The maximum absolute atomic E-state index is 13.3. The summed E-state index contributed by atoms with van der Waals surface area (Å²) in [7, 11) is -1.89. The third kappa shape index (κ3) is 3.23. The molecule has 0 saturated heterocycles. The van der Waals surface area contributed by atoms with E-state index in [1.807, 2.05) is 29.9 Å². The third-order valence-electron chi connectivity index (χ3n) is 2.70. The van der Waals surface area contributed by atoms with Crippen molar-refractivity contribution in [2.75, 3.05) is 0 Å². The fourth-order valence-corrected chi connectivity index (χ4v) is 2.83. The average Bonchev–Trinajstić information content (AvgIpc) is 2.76. The summed E-state index contributed by atoms with van der Waals surface area (Å²) in [4.78, 5) is -0.0950. The zero-order valence-corrected chi connectivity index (χ0v) is 12.5. The van der Waals surface area contributed by atoms with E-state index in [4.69, 9.17) is 0 Å². The Labute approximate surface area is 119 Å². The Balaban J connectivity index is 2.18. The van der Waals surface area contributed by atoms with Crippen molar-refractivity contribution in [1.82, 2.24) is 9.29 Å². The Morgan fingerprint density at radius 2 is 2.11 bits per heavy atom. The monoisotopic (exact) mass is 346 g/mol. The van der Waals surface area contributed by atoms with Gasteiger partial charge in [0.25, 0.3) is 0 Å². The first-order chi connectivity index (χ1) is 8.90. The lowest BCUT2D eigenvalue weighted by molar-refractivity contribution is 0.574. The molecule has 0 spiro atoms. The number of nitrogens with zero attached hydrogens (tertiary/aromatic N) is 1. The van der Waals surface area contributed by atoms with E-state index < -0.39 is 15.8 Å². The smallest absolute Gasteiger partial charge is 0.241 e. The van der Waals surface area contributed by atoms with Crippen LogP contribution < -0.4 is 4.72 Å². The van der Waals surface area contributed by atoms with Gasteiger partial charge in [0.15, 0.2) is 0 Å². The summed E-state index contributed by atoms with van der Waals surface area (Å²) in [6.45, 7) is 0.156. The Hall–Kier alpha value is -1.18. The van der Waals surface area contributed by atoms with Crippen LogP contribution in [0.2, 0.25) is 0 Å². The molecule has 1 aromatic carbocycles. The van der Waals surface area contributed by atoms with Gasteiger partial charge in [0.05, 0.1) is 15.9 Å². The normalized spacial score (nSPS) is 11.7. The number of aromatic nitrogens is 1. The van der Waals surface area contributed by atoms with E-state index in [0.717, 1.165) is 11.8 Å². The van der Waals surface area contributed by atoms with Crippen LogP contribution in [0.5, 0.6) is 0 Å². The maximum Gasteiger partial charge on any atom is 0.241 e. The molecule has 0 radical (unpaired) electrons. The van der Waals surface area contributed by atoms with Gasteiger partial charge in [-0.2, -0.15) is 0 Å². The van der Waals surface area contributed by atoms with Crippen molar-refractivity contribution in [2.24, 2.45) is 7.05 Å². The van der Waals surface area contributed by atoms with Gasteiger partial charge in [-0.15, -0.1) is 0 Å².